The van der Waals surface area contributed by atoms with Crippen LogP contribution in [0.1, 0.15) is 36.2 Å². The van der Waals surface area contributed by atoms with Gasteiger partial charge in [0.1, 0.15) is 0 Å². The molecule has 0 aliphatic heterocycles. The maximum Gasteiger partial charge on any atom is 0.336 e. The van der Waals surface area contributed by atoms with Crippen LogP contribution in [0.5, 0.6) is 0 Å². The van der Waals surface area contributed by atoms with Gasteiger partial charge in [-0.05, 0) is 36.8 Å². The summed E-state index contributed by atoms with van der Waals surface area (Å²) in [6, 6.07) is 14.5. The summed E-state index contributed by atoms with van der Waals surface area (Å²) in [6.07, 6.45) is 1.25. The minimum absolute atomic E-state index is 0.209. The number of rotatable bonds is 2. The molecular formula is C20H20ClNO2. The third-order valence-corrected chi connectivity index (χ3v) is 3.66. The van der Waals surface area contributed by atoms with E-state index in [1.807, 2.05) is 31.2 Å². The van der Waals surface area contributed by atoms with E-state index in [2.05, 4.69) is 18.8 Å². The van der Waals surface area contributed by atoms with Crippen LogP contribution in [0, 0.1) is 6.92 Å². The van der Waals surface area contributed by atoms with Gasteiger partial charge < -0.3 is 5.11 Å². The third-order valence-electron chi connectivity index (χ3n) is 3.42. The number of benzene rings is 2. The van der Waals surface area contributed by atoms with Crippen molar-refractivity contribution < 1.29 is 9.90 Å². The van der Waals surface area contributed by atoms with Gasteiger partial charge in [-0.3, -0.25) is 0 Å². The number of carbonyl (C=O) groups is 1. The zero-order valence-electron chi connectivity index (χ0n) is 14.0. The zero-order valence-corrected chi connectivity index (χ0v) is 14.8. The van der Waals surface area contributed by atoms with E-state index < -0.39 is 5.97 Å². The number of aromatic nitrogens is 1. The summed E-state index contributed by atoms with van der Waals surface area (Å²) in [6.45, 7) is 6.23. The molecule has 24 heavy (non-hydrogen) atoms. The normalized spacial score (nSPS) is 10.2. The van der Waals surface area contributed by atoms with Crippen LogP contribution in [0.15, 0.2) is 48.5 Å². The summed E-state index contributed by atoms with van der Waals surface area (Å²) in [5, 5.41) is 10.5. The number of fused-ring (bicyclic) bond motifs is 1. The van der Waals surface area contributed by atoms with Crippen molar-refractivity contribution in [2.75, 3.05) is 0 Å². The molecule has 3 aromatic rings. The van der Waals surface area contributed by atoms with Crippen molar-refractivity contribution >= 4 is 28.5 Å². The van der Waals surface area contributed by atoms with Crippen LogP contribution in [0.2, 0.25) is 5.02 Å². The van der Waals surface area contributed by atoms with E-state index in [1.54, 1.807) is 24.3 Å². The number of pyridine rings is 1. The van der Waals surface area contributed by atoms with Gasteiger partial charge >= 0.3 is 5.97 Å². The first-order chi connectivity index (χ1) is 11.5. The Morgan fingerprint density at radius 3 is 2.42 bits per heavy atom. The van der Waals surface area contributed by atoms with Gasteiger partial charge in [0.25, 0.3) is 0 Å². The highest BCUT2D eigenvalue weighted by Gasteiger charge is 2.14. The van der Waals surface area contributed by atoms with Crippen molar-refractivity contribution in [3.63, 3.8) is 0 Å². The molecule has 0 fully saturated rings. The highest BCUT2D eigenvalue weighted by atomic mass is 35.5. The van der Waals surface area contributed by atoms with Crippen LogP contribution < -0.4 is 0 Å². The monoisotopic (exact) mass is 341 g/mol. The molecule has 0 saturated carbocycles. The lowest BCUT2D eigenvalue weighted by Crippen LogP contribution is -2.00. The molecule has 0 atom stereocenters. The van der Waals surface area contributed by atoms with Crippen LogP contribution in [0.4, 0.5) is 0 Å². The summed E-state index contributed by atoms with van der Waals surface area (Å²) in [5.74, 6) is -0.987. The average Bonchev–Trinajstić information content (AvgIpc) is 2.55. The first kappa shape index (κ1) is 18.0. The molecule has 0 bridgehead atoms. The van der Waals surface area contributed by atoms with Crippen molar-refractivity contribution in [3.05, 3.63) is 64.7 Å². The van der Waals surface area contributed by atoms with Crippen molar-refractivity contribution in [2.45, 2.75) is 27.2 Å². The Labute approximate surface area is 146 Å². The molecule has 2 aromatic carbocycles. The molecule has 1 aromatic heterocycles. The number of halogens is 1. The SMILES string of the molecule is CCC.Cc1ccccc1-c1cc(C(=O)O)c2cc(Cl)ccc2n1. The minimum Gasteiger partial charge on any atom is -0.478 e. The Bertz CT molecular complexity index is 875. The molecule has 4 heteroatoms. The van der Waals surface area contributed by atoms with Gasteiger partial charge in [-0.15, -0.1) is 0 Å². The van der Waals surface area contributed by atoms with Gasteiger partial charge in [-0.2, -0.15) is 0 Å². The quantitative estimate of drug-likeness (QED) is 0.624. The summed E-state index contributed by atoms with van der Waals surface area (Å²) in [4.78, 5) is 16.1. The zero-order chi connectivity index (χ0) is 17.7. The highest BCUT2D eigenvalue weighted by Crippen LogP contribution is 2.28. The van der Waals surface area contributed by atoms with Crippen LogP contribution in [-0.4, -0.2) is 16.1 Å². The molecule has 0 unspecified atom stereocenters. The second-order valence-electron chi connectivity index (χ2n) is 5.54. The standard InChI is InChI=1S/C17H12ClNO2.C3H8/c1-10-4-2-3-5-12(10)16-9-14(17(20)21)13-8-11(18)6-7-15(13)19-16;1-3-2/h2-9H,1H3,(H,20,21);3H2,1-2H3. The van der Waals surface area contributed by atoms with Crippen molar-refractivity contribution in [3.8, 4) is 11.3 Å². The van der Waals surface area contributed by atoms with Crippen molar-refractivity contribution in [2.24, 2.45) is 0 Å². The van der Waals surface area contributed by atoms with Crippen LogP contribution in [-0.2, 0) is 0 Å². The molecule has 1 heterocycles. The second kappa shape index (κ2) is 7.93. The van der Waals surface area contributed by atoms with E-state index in [-0.39, 0.29) is 5.56 Å². The Morgan fingerprint density at radius 2 is 1.79 bits per heavy atom. The first-order valence-electron chi connectivity index (χ1n) is 7.87. The molecule has 0 saturated heterocycles. The van der Waals surface area contributed by atoms with Crippen LogP contribution in [0.3, 0.4) is 0 Å². The molecular weight excluding hydrogens is 322 g/mol. The molecule has 124 valence electrons. The highest BCUT2D eigenvalue weighted by molar-refractivity contribution is 6.31. The number of carboxylic acids is 1. The topological polar surface area (TPSA) is 50.2 Å². The Kier molecular flexibility index (Phi) is 5.93. The summed E-state index contributed by atoms with van der Waals surface area (Å²) in [5.41, 5.74) is 3.46. The molecule has 3 rings (SSSR count). The maximum absolute atomic E-state index is 11.5. The van der Waals surface area contributed by atoms with E-state index in [9.17, 15) is 9.90 Å². The van der Waals surface area contributed by atoms with E-state index in [4.69, 9.17) is 11.6 Å². The average molecular weight is 342 g/mol. The molecule has 0 radical (unpaired) electrons. The summed E-state index contributed by atoms with van der Waals surface area (Å²) < 4.78 is 0. The van der Waals surface area contributed by atoms with E-state index in [1.165, 1.54) is 6.42 Å². The Hall–Kier alpha value is -2.39. The minimum atomic E-state index is -0.987. The van der Waals surface area contributed by atoms with Crippen molar-refractivity contribution in [1.82, 2.24) is 4.98 Å². The number of hydrogen-bond acceptors (Lipinski definition) is 2. The van der Waals surface area contributed by atoms with Crippen molar-refractivity contribution in [1.29, 1.82) is 0 Å². The van der Waals surface area contributed by atoms with E-state index in [0.717, 1.165) is 11.1 Å². The van der Waals surface area contributed by atoms with Gasteiger partial charge in [-0.25, -0.2) is 9.78 Å². The fourth-order valence-corrected chi connectivity index (χ4v) is 2.55. The lowest BCUT2D eigenvalue weighted by molar-refractivity contribution is 0.0699. The van der Waals surface area contributed by atoms with Gasteiger partial charge in [-0.1, -0.05) is 56.1 Å². The van der Waals surface area contributed by atoms with Gasteiger partial charge in [0.2, 0.25) is 0 Å². The number of aryl methyl sites for hydroxylation is 1. The number of carboxylic acid groups (broad SMARTS) is 1. The van der Waals surface area contributed by atoms with Gasteiger partial charge in [0.05, 0.1) is 16.8 Å². The third kappa shape index (κ3) is 3.92. The Morgan fingerprint density at radius 1 is 1.12 bits per heavy atom. The van der Waals surface area contributed by atoms with E-state index >= 15 is 0 Å². The molecule has 0 aliphatic carbocycles. The molecule has 0 spiro atoms. The molecule has 0 aliphatic rings. The lowest BCUT2D eigenvalue weighted by atomic mass is 10.0. The number of aromatic carboxylic acids is 1. The number of hydrogen-bond donors (Lipinski definition) is 1. The molecule has 3 nitrogen and oxygen atoms in total. The fourth-order valence-electron chi connectivity index (χ4n) is 2.37. The van der Waals surface area contributed by atoms with E-state index in [0.29, 0.717) is 21.6 Å². The van der Waals surface area contributed by atoms with Crippen LogP contribution in [0.25, 0.3) is 22.2 Å². The lowest BCUT2D eigenvalue weighted by Gasteiger charge is -2.09. The maximum atomic E-state index is 11.5. The van der Waals surface area contributed by atoms with Gasteiger partial charge in [0, 0.05) is 16.0 Å². The molecule has 0 amide bonds. The summed E-state index contributed by atoms with van der Waals surface area (Å²) in [7, 11) is 0. The second-order valence-corrected chi connectivity index (χ2v) is 5.98. The smallest absolute Gasteiger partial charge is 0.336 e. The fraction of sp³-hybridized carbons (Fsp3) is 0.200. The predicted molar refractivity (Wildman–Crippen MR) is 99.9 cm³/mol. The Balaban J connectivity index is 0.000000647. The summed E-state index contributed by atoms with van der Waals surface area (Å²) >= 11 is 5.96. The number of nitrogens with zero attached hydrogens (tertiary/aromatic N) is 1. The largest absolute Gasteiger partial charge is 0.478 e. The van der Waals surface area contributed by atoms with Crippen LogP contribution >= 0.6 is 11.6 Å². The van der Waals surface area contributed by atoms with Gasteiger partial charge in [0.15, 0.2) is 0 Å². The predicted octanol–water partition coefficient (Wildman–Crippen LogP) is 5.98. The molecule has 1 N–H and O–H groups in total. The first-order valence-corrected chi connectivity index (χ1v) is 8.25.